The molecule has 0 radical (unpaired) electrons. The van der Waals surface area contributed by atoms with E-state index in [2.05, 4.69) is 42.2 Å². The molecule has 0 amide bonds. The van der Waals surface area contributed by atoms with E-state index in [4.69, 9.17) is 14.7 Å². The van der Waals surface area contributed by atoms with Crippen LogP contribution in [0.4, 0.5) is 5.82 Å². The van der Waals surface area contributed by atoms with E-state index in [1.807, 2.05) is 17.5 Å². The summed E-state index contributed by atoms with van der Waals surface area (Å²) in [5.41, 5.74) is 3.86. The molecule has 7 heteroatoms. The highest BCUT2D eigenvalue weighted by Crippen LogP contribution is 2.34. The molecule has 1 fully saturated rings. The fraction of sp³-hybridized carbons (Fsp3) is 0.318. The first-order chi connectivity index (χ1) is 14.3. The van der Waals surface area contributed by atoms with E-state index in [-0.39, 0.29) is 0 Å². The van der Waals surface area contributed by atoms with Crippen LogP contribution in [0.15, 0.2) is 46.9 Å². The lowest BCUT2D eigenvalue weighted by Crippen LogP contribution is -2.37. The van der Waals surface area contributed by atoms with Gasteiger partial charge < -0.3 is 9.64 Å². The lowest BCUT2D eigenvalue weighted by Gasteiger charge is -2.29. The zero-order valence-electron chi connectivity index (χ0n) is 16.3. The largest absolute Gasteiger partial charge is 0.378 e. The third kappa shape index (κ3) is 4.61. The minimum Gasteiger partial charge on any atom is -0.378 e. The Kier molecular flexibility index (Phi) is 6.45. The van der Waals surface area contributed by atoms with Gasteiger partial charge in [-0.1, -0.05) is 49.0 Å². The van der Waals surface area contributed by atoms with Crippen LogP contribution in [0.2, 0.25) is 0 Å². The third-order valence-corrected chi connectivity index (χ3v) is 6.61. The fourth-order valence-corrected chi connectivity index (χ4v) is 4.78. The molecule has 3 aromatic rings. The average Bonchev–Trinajstić information content (AvgIpc) is 3.32. The number of rotatable bonds is 6. The molecule has 29 heavy (non-hydrogen) atoms. The Morgan fingerprint density at radius 3 is 2.72 bits per heavy atom. The smallest absolute Gasteiger partial charge is 0.190 e. The number of aryl methyl sites for hydroxylation is 1. The molecule has 0 aliphatic carbocycles. The number of nitriles is 1. The first kappa shape index (κ1) is 19.9. The summed E-state index contributed by atoms with van der Waals surface area (Å²) >= 11 is 3.21. The highest BCUT2D eigenvalue weighted by Gasteiger charge is 2.23. The molecule has 2 aromatic heterocycles. The number of morpholine rings is 1. The van der Waals surface area contributed by atoms with Crippen LogP contribution in [-0.2, 0) is 16.9 Å². The number of ether oxygens (including phenoxy) is 1. The van der Waals surface area contributed by atoms with Gasteiger partial charge in [-0.05, 0) is 29.0 Å². The van der Waals surface area contributed by atoms with E-state index in [0.29, 0.717) is 23.9 Å². The van der Waals surface area contributed by atoms with Crippen molar-refractivity contribution in [2.75, 3.05) is 31.2 Å². The maximum atomic E-state index is 9.90. The molecular weight excluding hydrogens is 400 g/mol. The minimum absolute atomic E-state index is 0.548. The van der Waals surface area contributed by atoms with E-state index >= 15 is 0 Å². The molecule has 0 bridgehead atoms. The first-order valence-corrected chi connectivity index (χ1v) is 11.5. The zero-order chi connectivity index (χ0) is 20.1. The fourth-order valence-electron chi connectivity index (χ4n) is 3.28. The molecule has 1 saturated heterocycles. The lowest BCUT2D eigenvalue weighted by molar-refractivity contribution is 0.122. The van der Waals surface area contributed by atoms with Gasteiger partial charge in [0.2, 0.25) is 0 Å². The summed E-state index contributed by atoms with van der Waals surface area (Å²) in [6, 6.07) is 15.0. The normalized spacial score (nSPS) is 14.0. The number of aromatic nitrogens is 2. The van der Waals surface area contributed by atoms with Crippen molar-refractivity contribution in [3.63, 3.8) is 0 Å². The molecule has 148 valence electrons. The van der Waals surface area contributed by atoms with Gasteiger partial charge in [-0.25, -0.2) is 9.97 Å². The van der Waals surface area contributed by atoms with Crippen molar-refractivity contribution in [3.8, 4) is 16.6 Å². The number of thioether (sulfide) groups is 1. The molecule has 0 atom stereocenters. The molecule has 5 nitrogen and oxygen atoms in total. The summed E-state index contributed by atoms with van der Waals surface area (Å²) in [6.07, 6.45) is 1.02. The summed E-state index contributed by atoms with van der Waals surface area (Å²) in [7, 11) is 0. The predicted molar refractivity (Wildman–Crippen MR) is 118 cm³/mol. The minimum atomic E-state index is 0.548. The number of benzene rings is 1. The lowest BCUT2D eigenvalue weighted by atomic mass is 10.1. The molecule has 3 heterocycles. The van der Waals surface area contributed by atoms with Crippen LogP contribution in [0, 0.1) is 11.3 Å². The molecule has 0 unspecified atom stereocenters. The predicted octanol–water partition coefficient (Wildman–Crippen LogP) is 4.77. The van der Waals surface area contributed by atoms with Crippen molar-refractivity contribution in [2.24, 2.45) is 0 Å². The van der Waals surface area contributed by atoms with Crippen molar-refractivity contribution in [1.29, 1.82) is 5.26 Å². The third-order valence-electron chi connectivity index (χ3n) is 4.81. The molecule has 0 spiro atoms. The van der Waals surface area contributed by atoms with E-state index in [0.717, 1.165) is 41.7 Å². The Morgan fingerprint density at radius 2 is 2.00 bits per heavy atom. The van der Waals surface area contributed by atoms with Crippen molar-refractivity contribution in [1.82, 2.24) is 9.97 Å². The van der Waals surface area contributed by atoms with Gasteiger partial charge in [0.25, 0.3) is 0 Å². The molecule has 0 saturated carbocycles. The Morgan fingerprint density at radius 1 is 1.17 bits per heavy atom. The number of anilines is 1. The van der Waals surface area contributed by atoms with E-state index in [9.17, 15) is 5.26 Å². The standard InChI is InChI=1S/C22H22N4OS2/c1-2-16-5-3-6-17(13-16)15-29-22-24-20(19-7-4-12-28-19)18(14-23)21(25-22)26-8-10-27-11-9-26/h3-7,12-13H,2,8-11,15H2,1H3. The summed E-state index contributed by atoms with van der Waals surface area (Å²) in [5, 5.41) is 12.6. The molecule has 1 aliphatic rings. The van der Waals surface area contributed by atoms with Crippen LogP contribution in [0.3, 0.4) is 0 Å². The maximum absolute atomic E-state index is 9.90. The molecule has 1 aliphatic heterocycles. The number of thiophene rings is 1. The first-order valence-electron chi connectivity index (χ1n) is 9.67. The van der Waals surface area contributed by atoms with Crippen LogP contribution in [0.5, 0.6) is 0 Å². The molecule has 4 rings (SSSR count). The van der Waals surface area contributed by atoms with Crippen molar-refractivity contribution in [3.05, 3.63) is 58.5 Å². The highest BCUT2D eigenvalue weighted by molar-refractivity contribution is 7.98. The summed E-state index contributed by atoms with van der Waals surface area (Å²) < 4.78 is 5.48. The van der Waals surface area contributed by atoms with Gasteiger partial charge in [0.15, 0.2) is 11.0 Å². The van der Waals surface area contributed by atoms with Crippen LogP contribution in [0.1, 0.15) is 23.6 Å². The Balaban J connectivity index is 1.69. The average molecular weight is 423 g/mol. The van der Waals surface area contributed by atoms with Gasteiger partial charge in [-0.2, -0.15) is 5.26 Å². The second-order valence-electron chi connectivity index (χ2n) is 6.70. The summed E-state index contributed by atoms with van der Waals surface area (Å²) in [4.78, 5) is 12.7. The van der Waals surface area contributed by atoms with Crippen molar-refractivity contribution < 1.29 is 4.74 Å². The SMILES string of the molecule is CCc1cccc(CSc2nc(-c3cccs3)c(C#N)c(N3CCOCC3)n2)c1. The second kappa shape index (κ2) is 9.40. The van der Waals surface area contributed by atoms with Crippen LogP contribution in [-0.4, -0.2) is 36.3 Å². The van der Waals surface area contributed by atoms with E-state index in [1.54, 1.807) is 23.1 Å². The maximum Gasteiger partial charge on any atom is 0.190 e. The Labute approximate surface area is 179 Å². The summed E-state index contributed by atoms with van der Waals surface area (Å²) in [6.45, 7) is 4.93. The van der Waals surface area contributed by atoms with Gasteiger partial charge in [-0.3, -0.25) is 0 Å². The van der Waals surface area contributed by atoms with Crippen LogP contribution in [0.25, 0.3) is 10.6 Å². The van der Waals surface area contributed by atoms with Gasteiger partial charge in [0.1, 0.15) is 17.3 Å². The molecular formula is C22H22N4OS2. The summed E-state index contributed by atoms with van der Waals surface area (Å²) in [5.74, 6) is 1.52. The number of hydrogen-bond donors (Lipinski definition) is 0. The zero-order valence-corrected chi connectivity index (χ0v) is 17.9. The second-order valence-corrected chi connectivity index (χ2v) is 8.59. The number of nitrogens with zero attached hydrogens (tertiary/aromatic N) is 4. The molecule has 0 N–H and O–H groups in total. The van der Waals surface area contributed by atoms with E-state index in [1.165, 1.54) is 11.1 Å². The van der Waals surface area contributed by atoms with Crippen LogP contribution >= 0.6 is 23.1 Å². The van der Waals surface area contributed by atoms with Crippen molar-refractivity contribution >= 4 is 28.9 Å². The monoisotopic (exact) mass is 422 g/mol. The van der Waals surface area contributed by atoms with Gasteiger partial charge in [-0.15, -0.1) is 11.3 Å². The Bertz CT molecular complexity index is 1010. The van der Waals surface area contributed by atoms with Gasteiger partial charge in [0, 0.05) is 18.8 Å². The van der Waals surface area contributed by atoms with Gasteiger partial charge >= 0.3 is 0 Å². The van der Waals surface area contributed by atoms with E-state index < -0.39 is 0 Å². The topological polar surface area (TPSA) is 62.0 Å². The number of hydrogen-bond acceptors (Lipinski definition) is 7. The van der Waals surface area contributed by atoms with Crippen molar-refractivity contribution in [2.45, 2.75) is 24.3 Å². The van der Waals surface area contributed by atoms with Crippen LogP contribution < -0.4 is 4.90 Å². The molecule has 1 aromatic carbocycles. The Hall–Kier alpha value is -2.40. The quantitative estimate of drug-likeness (QED) is 0.421. The van der Waals surface area contributed by atoms with Gasteiger partial charge in [0.05, 0.1) is 18.1 Å². The highest BCUT2D eigenvalue weighted by atomic mass is 32.2.